The lowest BCUT2D eigenvalue weighted by Gasteiger charge is -2.23. The number of ether oxygens (including phenoxy) is 1. The van der Waals surface area contributed by atoms with Crippen LogP contribution in [0.3, 0.4) is 0 Å². The fraction of sp³-hybridized carbons (Fsp3) is 0.316. The van der Waals surface area contributed by atoms with E-state index in [0.29, 0.717) is 17.1 Å². The van der Waals surface area contributed by atoms with E-state index in [1.54, 1.807) is 43.5 Å². The number of methoxy groups -OCH3 is 1. The Hall–Kier alpha value is -2.54. The Morgan fingerprint density at radius 3 is 2.35 bits per heavy atom. The molecule has 0 saturated carbocycles. The van der Waals surface area contributed by atoms with E-state index in [4.69, 9.17) is 4.74 Å². The summed E-state index contributed by atoms with van der Waals surface area (Å²) in [6.07, 6.45) is 1.18. The first-order chi connectivity index (χ1) is 12.2. The van der Waals surface area contributed by atoms with E-state index in [0.717, 1.165) is 17.4 Å². The van der Waals surface area contributed by atoms with Crippen LogP contribution in [-0.2, 0) is 14.8 Å². The summed E-state index contributed by atoms with van der Waals surface area (Å²) in [7, 11) is -1.95. The largest absolute Gasteiger partial charge is 0.497 e. The Morgan fingerprint density at radius 1 is 1.12 bits per heavy atom. The van der Waals surface area contributed by atoms with Gasteiger partial charge in [-0.15, -0.1) is 0 Å². The second-order valence-electron chi connectivity index (χ2n) is 6.21. The van der Waals surface area contributed by atoms with Gasteiger partial charge in [-0.3, -0.25) is 9.10 Å². The number of carbonyl (C=O) groups is 1. The van der Waals surface area contributed by atoms with Gasteiger partial charge in [-0.2, -0.15) is 0 Å². The highest BCUT2D eigenvalue weighted by Crippen LogP contribution is 2.22. The Kier molecular flexibility index (Phi) is 6.26. The number of benzene rings is 2. The molecule has 2 aromatic carbocycles. The molecule has 0 unspecified atom stereocenters. The van der Waals surface area contributed by atoms with Gasteiger partial charge in [0, 0.05) is 24.7 Å². The third-order valence-electron chi connectivity index (χ3n) is 3.79. The third kappa shape index (κ3) is 5.49. The molecular formula is C19H24N2O4S. The fourth-order valence-electron chi connectivity index (χ4n) is 2.71. The average molecular weight is 376 g/mol. The first-order valence-corrected chi connectivity index (χ1v) is 10.0. The minimum atomic E-state index is -3.50. The molecule has 140 valence electrons. The van der Waals surface area contributed by atoms with Crippen LogP contribution in [0.15, 0.2) is 42.5 Å². The van der Waals surface area contributed by atoms with Gasteiger partial charge in [-0.05, 0) is 49.2 Å². The molecule has 0 aromatic heterocycles. The lowest BCUT2D eigenvalue weighted by molar-refractivity contribution is -0.116. The van der Waals surface area contributed by atoms with Crippen LogP contribution >= 0.6 is 0 Å². The standard InChI is InChI=1S/C19H24N2O4S/c1-14-10-15(2)12-17(11-14)21(26(4,23)24)9-8-19(22)20-16-6-5-7-18(13-16)25-3/h5-7,10-13H,8-9H2,1-4H3,(H,20,22). The van der Waals surface area contributed by atoms with Crippen molar-refractivity contribution in [3.8, 4) is 5.75 Å². The Bertz CT molecular complexity index is 874. The molecule has 26 heavy (non-hydrogen) atoms. The molecule has 0 fully saturated rings. The van der Waals surface area contributed by atoms with Crippen LogP contribution in [0.2, 0.25) is 0 Å². The van der Waals surface area contributed by atoms with Gasteiger partial charge in [0.15, 0.2) is 0 Å². The van der Waals surface area contributed by atoms with Gasteiger partial charge in [0.05, 0.1) is 19.1 Å². The maximum atomic E-state index is 12.2. The molecule has 0 aliphatic heterocycles. The van der Waals surface area contributed by atoms with E-state index in [1.165, 1.54) is 4.31 Å². The number of amides is 1. The minimum Gasteiger partial charge on any atom is -0.497 e. The van der Waals surface area contributed by atoms with Crippen LogP contribution in [0.4, 0.5) is 11.4 Å². The van der Waals surface area contributed by atoms with Crippen molar-refractivity contribution >= 4 is 27.3 Å². The summed E-state index contributed by atoms with van der Waals surface area (Å²) in [6.45, 7) is 3.89. The normalized spacial score (nSPS) is 11.1. The van der Waals surface area contributed by atoms with Crippen molar-refractivity contribution in [3.63, 3.8) is 0 Å². The molecule has 2 aromatic rings. The highest BCUT2D eigenvalue weighted by molar-refractivity contribution is 7.92. The molecule has 1 N–H and O–H groups in total. The maximum absolute atomic E-state index is 12.2. The molecule has 6 nitrogen and oxygen atoms in total. The van der Waals surface area contributed by atoms with E-state index in [1.807, 2.05) is 19.9 Å². The topological polar surface area (TPSA) is 75.7 Å². The number of sulfonamides is 1. The zero-order valence-corrected chi connectivity index (χ0v) is 16.3. The highest BCUT2D eigenvalue weighted by atomic mass is 32.2. The summed E-state index contributed by atoms with van der Waals surface area (Å²) in [5.41, 5.74) is 3.11. The summed E-state index contributed by atoms with van der Waals surface area (Å²) >= 11 is 0. The van der Waals surface area contributed by atoms with E-state index in [9.17, 15) is 13.2 Å². The molecule has 1 amide bonds. The maximum Gasteiger partial charge on any atom is 0.232 e. The highest BCUT2D eigenvalue weighted by Gasteiger charge is 2.19. The molecule has 0 heterocycles. The van der Waals surface area contributed by atoms with Gasteiger partial charge in [0.25, 0.3) is 0 Å². The second-order valence-corrected chi connectivity index (χ2v) is 8.12. The quantitative estimate of drug-likeness (QED) is 0.806. The van der Waals surface area contributed by atoms with Crippen molar-refractivity contribution < 1.29 is 17.9 Å². The first kappa shape index (κ1) is 19.8. The zero-order valence-electron chi connectivity index (χ0n) is 15.4. The number of carbonyl (C=O) groups excluding carboxylic acids is 1. The number of anilines is 2. The number of hydrogen-bond donors (Lipinski definition) is 1. The smallest absolute Gasteiger partial charge is 0.232 e. The first-order valence-electron chi connectivity index (χ1n) is 8.19. The van der Waals surface area contributed by atoms with Crippen LogP contribution < -0.4 is 14.4 Å². The van der Waals surface area contributed by atoms with Crippen molar-refractivity contribution in [3.05, 3.63) is 53.6 Å². The molecule has 0 saturated heterocycles. The Labute approximate surface area is 154 Å². The molecule has 0 radical (unpaired) electrons. The van der Waals surface area contributed by atoms with Crippen molar-refractivity contribution in [2.24, 2.45) is 0 Å². The summed E-state index contributed by atoms with van der Waals surface area (Å²) in [4.78, 5) is 12.2. The molecule has 7 heteroatoms. The lowest BCUT2D eigenvalue weighted by atomic mass is 10.1. The van der Waals surface area contributed by atoms with Gasteiger partial charge in [-0.25, -0.2) is 8.42 Å². The monoisotopic (exact) mass is 376 g/mol. The number of nitrogens with one attached hydrogen (secondary N) is 1. The Morgan fingerprint density at radius 2 is 1.77 bits per heavy atom. The van der Waals surface area contributed by atoms with Gasteiger partial charge >= 0.3 is 0 Å². The molecular weight excluding hydrogens is 352 g/mol. The van der Waals surface area contributed by atoms with Crippen LogP contribution in [0.1, 0.15) is 17.5 Å². The van der Waals surface area contributed by atoms with Gasteiger partial charge in [0.1, 0.15) is 5.75 Å². The van der Waals surface area contributed by atoms with E-state index in [-0.39, 0.29) is 18.9 Å². The second kappa shape index (κ2) is 8.23. The summed E-state index contributed by atoms with van der Waals surface area (Å²) in [6, 6.07) is 12.6. The average Bonchev–Trinajstić information content (AvgIpc) is 2.53. The molecule has 0 bridgehead atoms. The SMILES string of the molecule is COc1cccc(NC(=O)CCN(c2cc(C)cc(C)c2)S(C)(=O)=O)c1. The predicted molar refractivity (Wildman–Crippen MR) is 104 cm³/mol. The van der Waals surface area contributed by atoms with E-state index in [2.05, 4.69) is 5.32 Å². The molecule has 0 aliphatic carbocycles. The number of aryl methyl sites for hydroxylation is 2. The molecule has 0 spiro atoms. The number of rotatable bonds is 7. The van der Waals surface area contributed by atoms with Crippen LogP contribution in [0.25, 0.3) is 0 Å². The van der Waals surface area contributed by atoms with Crippen molar-refractivity contribution in [1.82, 2.24) is 0 Å². The number of hydrogen-bond acceptors (Lipinski definition) is 4. The number of nitrogens with zero attached hydrogens (tertiary/aromatic N) is 1. The molecule has 0 atom stereocenters. The summed E-state index contributed by atoms with van der Waals surface area (Å²) in [5, 5.41) is 2.76. The van der Waals surface area contributed by atoms with Crippen LogP contribution in [0.5, 0.6) is 5.75 Å². The molecule has 2 rings (SSSR count). The van der Waals surface area contributed by atoms with Gasteiger partial charge in [0.2, 0.25) is 15.9 Å². The minimum absolute atomic E-state index is 0.0390. The van der Waals surface area contributed by atoms with Crippen LogP contribution in [0, 0.1) is 13.8 Å². The Balaban J connectivity index is 2.11. The van der Waals surface area contributed by atoms with Crippen LogP contribution in [-0.4, -0.2) is 34.2 Å². The van der Waals surface area contributed by atoms with Gasteiger partial charge in [-0.1, -0.05) is 12.1 Å². The summed E-state index contributed by atoms with van der Waals surface area (Å²) in [5.74, 6) is 0.368. The third-order valence-corrected chi connectivity index (χ3v) is 4.98. The predicted octanol–water partition coefficient (Wildman–Crippen LogP) is 3.11. The molecule has 0 aliphatic rings. The van der Waals surface area contributed by atoms with Crippen molar-refractivity contribution in [2.45, 2.75) is 20.3 Å². The van der Waals surface area contributed by atoms with Crippen molar-refractivity contribution in [1.29, 1.82) is 0 Å². The lowest BCUT2D eigenvalue weighted by Crippen LogP contribution is -2.33. The van der Waals surface area contributed by atoms with Gasteiger partial charge < -0.3 is 10.1 Å². The summed E-state index contributed by atoms with van der Waals surface area (Å²) < 4.78 is 30.8. The fourth-order valence-corrected chi connectivity index (χ4v) is 3.62. The van der Waals surface area contributed by atoms with E-state index < -0.39 is 10.0 Å². The van der Waals surface area contributed by atoms with Crippen molar-refractivity contribution in [2.75, 3.05) is 29.5 Å². The zero-order chi connectivity index (χ0) is 19.3. The van der Waals surface area contributed by atoms with E-state index >= 15 is 0 Å².